The summed E-state index contributed by atoms with van der Waals surface area (Å²) in [6.45, 7) is 0. The van der Waals surface area contributed by atoms with Gasteiger partial charge in [0, 0.05) is 38.7 Å². The third-order valence-electron chi connectivity index (χ3n) is 8.84. The predicted octanol–water partition coefficient (Wildman–Crippen LogP) is 12.0. The number of benzene rings is 7. The Bertz CT molecular complexity index is 2730. The lowest BCUT2D eigenvalue weighted by atomic mass is 10.0. The topological polar surface area (TPSA) is 42.7 Å². The van der Waals surface area contributed by atoms with Crippen LogP contribution in [0.1, 0.15) is 0 Å². The van der Waals surface area contributed by atoms with Crippen LogP contribution in [0.5, 0.6) is 0 Å². The Labute approximate surface area is 250 Å². The molecule has 44 heavy (non-hydrogen) atoms. The van der Waals surface area contributed by atoms with Crippen LogP contribution < -0.4 is 4.90 Å². The van der Waals surface area contributed by atoms with E-state index in [1.165, 1.54) is 10.8 Å². The van der Waals surface area contributed by atoms with Gasteiger partial charge in [0.05, 0.1) is 16.8 Å². The Balaban J connectivity index is 1.25. The van der Waals surface area contributed by atoms with Crippen LogP contribution in [0.3, 0.4) is 0 Å². The molecule has 0 N–H and O–H groups in total. The zero-order chi connectivity index (χ0) is 28.8. The molecule has 4 heteroatoms. The molecule has 0 aliphatic heterocycles. The van der Waals surface area contributed by atoms with Crippen LogP contribution >= 0.6 is 0 Å². The van der Waals surface area contributed by atoms with Gasteiger partial charge < -0.3 is 18.2 Å². The van der Waals surface area contributed by atoms with Gasteiger partial charge in [-0.05, 0) is 65.4 Å². The van der Waals surface area contributed by atoms with Crippen LogP contribution in [0, 0.1) is 0 Å². The Hall–Kier alpha value is -6.00. The number of fused-ring (bicyclic) bond motifs is 12. The Morgan fingerprint density at radius 2 is 1.05 bits per heavy atom. The number of hydrogen-bond acceptors (Lipinski definition) is 4. The average molecular weight is 566 g/mol. The minimum absolute atomic E-state index is 0.795. The fourth-order valence-corrected chi connectivity index (χ4v) is 6.90. The fourth-order valence-electron chi connectivity index (χ4n) is 6.90. The first-order valence-corrected chi connectivity index (χ1v) is 14.8. The molecule has 0 aliphatic carbocycles. The normalized spacial score (nSPS) is 12.1. The maximum atomic E-state index is 6.71. The van der Waals surface area contributed by atoms with Crippen molar-refractivity contribution in [1.29, 1.82) is 0 Å². The zero-order valence-corrected chi connectivity index (χ0v) is 23.5. The highest BCUT2D eigenvalue weighted by atomic mass is 16.3. The molecule has 0 saturated heterocycles. The van der Waals surface area contributed by atoms with Crippen LogP contribution in [0.25, 0.3) is 76.6 Å². The molecule has 0 aliphatic rings. The van der Waals surface area contributed by atoms with Gasteiger partial charge in [0.1, 0.15) is 27.9 Å². The summed E-state index contributed by atoms with van der Waals surface area (Å²) in [6, 6.07) is 48.2. The van der Waals surface area contributed by atoms with Crippen LogP contribution in [0.15, 0.2) is 153 Å². The second kappa shape index (κ2) is 8.76. The SMILES string of the molecule is c1ccc(N(c2ccc3c(c2)oc2ccccc23)c2cccc3c2oc2ccc4c(oc5ccc6ccccc6c54)c23)cc1. The minimum atomic E-state index is 0.795. The molecule has 0 fully saturated rings. The summed E-state index contributed by atoms with van der Waals surface area (Å²) in [5.74, 6) is 0. The van der Waals surface area contributed by atoms with E-state index < -0.39 is 0 Å². The van der Waals surface area contributed by atoms with E-state index in [0.29, 0.717) is 0 Å². The molecule has 0 atom stereocenters. The lowest BCUT2D eigenvalue weighted by molar-refractivity contribution is 0.662. The molecular formula is C40H23NO3. The van der Waals surface area contributed by atoms with E-state index in [1.54, 1.807) is 0 Å². The van der Waals surface area contributed by atoms with Gasteiger partial charge in [0.2, 0.25) is 0 Å². The van der Waals surface area contributed by atoms with Crippen molar-refractivity contribution in [2.75, 3.05) is 4.90 Å². The van der Waals surface area contributed by atoms with Crippen LogP contribution in [0.2, 0.25) is 0 Å². The molecule has 0 spiro atoms. The molecule has 4 nitrogen and oxygen atoms in total. The maximum Gasteiger partial charge on any atom is 0.159 e. The summed E-state index contributed by atoms with van der Waals surface area (Å²) in [5.41, 5.74) is 7.99. The Morgan fingerprint density at radius 1 is 0.364 bits per heavy atom. The second-order valence-corrected chi connectivity index (χ2v) is 11.3. The van der Waals surface area contributed by atoms with Crippen LogP contribution in [0.4, 0.5) is 17.1 Å². The van der Waals surface area contributed by atoms with Crippen molar-refractivity contribution >= 4 is 93.7 Å². The van der Waals surface area contributed by atoms with Gasteiger partial charge in [-0.1, -0.05) is 78.9 Å². The highest BCUT2D eigenvalue weighted by Gasteiger charge is 2.23. The largest absolute Gasteiger partial charge is 0.456 e. The monoisotopic (exact) mass is 565 g/mol. The van der Waals surface area contributed by atoms with Crippen molar-refractivity contribution in [2.45, 2.75) is 0 Å². The summed E-state index contributed by atoms with van der Waals surface area (Å²) in [4.78, 5) is 2.24. The van der Waals surface area contributed by atoms with Crippen LogP contribution in [-0.4, -0.2) is 0 Å². The van der Waals surface area contributed by atoms with Gasteiger partial charge in [0.25, 0.3) is 0 Å². The molecule has 10 aromatic rings. The molecule has 0 bridgehead atoms. The molecule has 7 aromatic carbocycles. The lowest BCUT2D eigenvalue weighted by Gasteiger charge is -2.25. The number of nitrogens with zero attached hydrogens (tertiary/aromatic N) is 1. The van der Waals surface area contributed by atoms with E-state index >= 15 is 0 Å². The van der Waals surface area contributed by atoms with Gasteiger partial charge in [-0.3, -0.25) is 0 Å². The standard InChI is InChI=1S/C40H23NO3/c1-2-10-25(11-3-1)41(26-18-19-29-28-13-6-7-16-33(28)42-36(29)23-26)32-15-8-14-30-38-35(43-39(30)32)22-20-31-37-27-12-5-4-9-24(27)17-21-34(37)44-40(31)38/h1-23H. The summed E-state index contributed by atoms with van der Waals surface area (Å²) >= 11 is 0. The first-order valence-electron chi connectivity index (χ1n) is 14.8. The van der Waals surface area contributed by atoms with E-state index in [4.69, 9.17) is 13.3 Å². The molecule has 206 valence electrons. The number of rotatable bonds is 3. The highest BCUT2D eigenvalue weighted by molar-refractivity contribution is 6.27. The van der Waals surface area contributed by atoms with Crippen LogP contribution in [-0.2, 0) is 0 Å². The third kappa shape index (κ3) is 3.22. The highest BCUT2D eigenvalue weighted by Crippen LogP contribution is 2.46. The van der Waals surface area contributed by atoms with Gasteiger partial charge in [-0.15, -0.1) is 0 Å². The van der Waals surface area contributed by atoms with E-state index in [0.717, 1.165) is 82.9 Å². The fraction of sp³-hybridized carbons (Fsp3) is 0. The first-order chi connectivity index (χ1) is 21.8. The van der Waals surface area contributed by atoms with Gasteiger partial charge in [-0.2, -0.15) is 0 Å². The number of para-hydroxylation sites is 3. The molecule has 10 rings (SSSR count). The van der Waals surface area contributed by atoms with Crippen molar-refractivity contribution in [3.63, 3.8) is 0 Å². The molecular weight excluding hydrogens is 542 g/mol. The van der Waals surface area contributed by atoms with Crippen molar-refractivity contribution < 1.29 is 13.3 Å². The van der Waals surface area contributed by atoms with E-state index in [2.05, 4.69) is 120 Å². The van der Waals surface area contributed by atoms with Gasteiger partial charge in [0.15, 0.2) is 5.58 Å². The van der Waals surface area contributed by atoms with E-state index in [-0.39, 0.29) is 0 Å². The van der Waals surface area contributed by atoms with Gasteiger partial charge in [-0.25, -0.2) is 0 Å². The van der Waals surface area contributed by atoms with Gasteiger partial charge >= 0.3 is 0 Å². The predicted molar refractivity (Wildman–Crippen MR) is 180 cm³/mol. The Morgan fingerprint density at radius 3 is 1.98 bits per heavy atom. The minimum Gasteiger partial charge on any atom is -0.456 e. The summed E-state index contributed by atoms with van der Waals surface area (Å²) in [5, 5.41) is 8.82. The van der Waals surface area contributed by atoms with Crippen molar-refractivity contribution in [3.8, 4) is 0 Å². The molecule has 3 heterocycles. The molecule has 0 unspecified atom stereocenters. The maximum absolute atomic E-state index is 6.71. The second-order valence-electron chi connectivity index (χ2n) is 11.3. The first kappa shape index (κ1) is 23.6. The van der Waals surface area contributed by atoms with Crippen molar-refractivity contribution in [2.24, 2.45) is 0 Å². The quantitative estimate of drug-likeness (QED) is 0.214. The number of anilines is 3. The summed E-state index contributed by atoms with van der Waals surface area (Å²) in [6.07, 6.45) is 0. The number of furan rings is 3. The molecule has 0 saturated carbocycles. The Kier molecular flexibility index (Phi) is 4.69. The van der Waals surface area contributed by atoms with Crippen molar-refractivity contribution in [3.05, 3.63) is 140 Å². The zero-order valence-electron chi connectivity index (χ0n) is 23.5. The molecule has 0 amide bonds. The van der Waals surface area contributed by atoms with E-state index in [9.17, 15) is 0 Å². The number of hydrogen-bond donors (Lipinski definition) is 0. The smallest absolute Gasteiger partial charge is 0.159 e. The summed E-state index contributed by atoms with van der Waals surface area (Å²) in [7, 11) is 0. The van der Waals surface area contributed by atoms with E-state index in [1.807, 2.05) is 24.3 Å². The van der Waals surface area contributed by atoms with Crippen molar-refractivity contribution in [1.82, 2.24) is 0 Å². The molecule has 3 aromatic heterocycles. The molecule has 0 radical (unpaired) electrons. The summed E-state index contributed by atoms with van der Waals surface area (Å²) < 4.78 is 19.6. The average Bonchev–Trinajstić information content (AvgIpc) is 3.76. The third-order valence-corrected chi connectivity index (χ3v) is 8.84. The lowest BCUT2D eigenvalue weighted by Crippen LogP contribution is -2.09.